The maximum absolute atomic E-state index is 12.9. The second kappa shape index (κ2) is 11.2. The van der Waals surface area contributed by atoms with E-state index in [0.29, 0.717) is 11.6 Å². The van der Waals surface area contributed by atoms with Crippen molar-refractivity contribution >= 4 is 27.4 Å². The molecule has 0 saturated carbocycles. The number of nitrogens with one attached hydrogen (secondary N) is 1. The van der Waals surface area contributed by atoms with E-state index in [1.807, 2.05) is 51.1 Å². The van der Waals surface area contributed by atoms with Gasteiger partial charge in [0.15, 0.2) is 5.78 Å². The van der Waals surface area contributed by atoms with E-state index in [2.05, 4.69) is 16.5 Å². The number of sulfonamides is 1. The molecule has 0 spiro atoms. The Bertz CT molecular complexity index is 939. The van der Waals surface area contributed by atoms with Crippen molar-refractivity contribution in [2.75, 3.05) is 19.6 Å². The molecule has 0 aliphatic carbocycles. The molecule has 0 aliphatic rings. The number of hydrogen-bond donors (Lipinski definition) is 1. The first kappa shape index (κ1) is 25.5. The minimum atomic E-state index is -3.71. The van der Waals surface area contributed by atoms with Crippen molar-refractivity contribution in [1.29, 1.82) is 0 Å². The Kier molecular flexibility index (Phi) is 9.25. The van der Waals surface area contributed by atoms with Crippen molar-refractivity contribution in [2.24, 2.45) is 5.41 Å². The predicted molar refractivity (Wildman–Crippen MR) is 127 cm³/mol. The highest BCUT2D eigenvalue weighted by molar-refractivity contribution is 7.89. The number of unbranched alkanes of at least 4 members (excludes halogenated alkanes) is 1. The van der Waals surface area contributed by atoms with E-state index in [4.69, 9.17) is 11.6 Å². The third-order valence-corrected chi connectivity index (χ3v) is 6.89. The van der Waals surface area contributed by atoms with Crippen LogP contribution in [0, 0.1) is 5.41 Å². The fourth-order valence-electron chi connectivity index (χ4n) is 3.15. The molecule has 0 aromatic heterocycles. The molecule has 5 nitrogen and oxygen atoms in total. The lowest BCUT2D eigenvalue weighted by Crippen LogP contribution is -2.43. The Hall–Kier alpha value is -1.73. The topological polar surface area (TPSA) is 66.5 Å². The molecule has 1 N–H and O–H groups in total. The summed E-state index contributed by atoms with van der Waals surface area (Å²) in [6.07, 6.45) is 1.91. The number of benzene rings is 2. The van der Waals surface area contributed by atoms with E-state index in [9.17, 15) is 13.2 Å². The van der Waals surface area contributed by atoms with Crippen LogP contribution in [0.25, 0.3) is 0 Å². The molecule has 170 valence electrons. The molecule has 7 heteroatoms. The Balaban J connectivity index is 2.31. The Morgan fingerprint density at radius 3 is 2.23 bits per heavy atom. The summed E-state index contributed by atoms with van der Waals surface area (Å²) in [5.41, 5.74) is 0.508. The fraction of sp³-hybridized carbons (Fsp3) is 0.458. The first-order valence-corrected chi connectivity index (χ1v) is 12.5. The van der Waals surface area contributed by atoms with Gasteiger partial charge in [0.05, 0.1) is 11.4 Å². The largest absolute Gasteiger partial charge is 0.298 e. The zero-order valence-corrected chi connectivity index (χ0v) is 20.3. The highest BCUT2D eigenvalue weighted by Crippen LogP contribution is 2.24. The normalized spacial score (nSPS) is 13.4. The molecule has 0 saturated heterocycles. The second-order valence-corrected chi connectivity index (χ2v) is 10.9. The molecular formula is C24H33ClN2O3S. The molecule has 2 aromatic carbocycles. The fourth-order valence-corrected chi connectivity index (χ4v) is 4.31. The van der Waals surface area contributed by atoms with Crippen LogP contribution in [0.3, 0.4) is 0 Å². The van der Waals surface area contributed by atoms with E-state index >= 15 is 0 Å². The molecule has 0 fully saturated rings. The van der Waals surface area contributed by atoms with Crippen LogP contribution in [0.1, 0.15) is 52.1 Å². The van der Waals surface area contributed by atoms with Crippen LogP contribution in [-0.2, 0) is 14.8 Å². The summed E-state index contributed by atoms with van der Waals surface area (Å²) in [4.78, 5) is 15.1. The highest BCUT2D eigenvalue weighted by Gasteiger charge is 2.29. The van der Waals surface area contributed by atoms with Crippen LogP contribution in [0.15, 0.2) is 59.5 Å². The average Bonchev–Trinajstić information content (AvgIpc) is 2.72. The third kappa shape index (κ3) is 7.72. The third-order valence-electron chi connectivity index (χ3n) is 5.20. The van der Waals surface area contributed by atoms with Crippen molar-refractivity contribution in [3.63, 3.8) is 0 Å². The van der Waals surface area contributed by atoms with Crippen LogP contribution in [0.5, 0.6) is 0 Å². The highest BCUT2D eigenvalue weighted by atomic mass is 35.5. The summed E-state index contributed by atoms with van der Waals surface area (Å²) in [5.74, 6) is 0.130. The first-order chi connectivity index (χ1) is 14.5. The van der Waals surface area contributed by atoms with Gasteiger partial charge in [0.1, 0.15) is 0 Å². The standard InChI is InChI=1S/C24H33ClN2O3S/c1-5-6-16-27(18-23(28)24(2,3)4)22(19-10-8-7-9-11-19)17-26-31(29,30)21-14-12-20(25)13-15-21/h7-15,22,26H,5-6,16-18H2,1-4H3/t22-/m1/s1. The molecule has 0 amide bonds. The Morgan fingerprint density at radius 2 is 1.68 bits per heavy atom. The zero-order valence-electron chi connectivity index (χ0n) is 18.8. The smallest absolute Gasteiger partial charge is 0.240 e. The molecule has 2 rings (SSSR count). The maximum atomic E-state index is 12.9. The summed E-state index contributed by atoms with van der Waals surface area (Å²) < 4.78 is 28.5. The molecule has 1 atom stereocenters. The van der Waals surface area contributed by atoms with Gasteiger partial charge in [-0.05, 0) is 42.8 Å². The number of carbonyl (C=O) groups excluding carboxylic acids is 1. The summed E-state index contributed by atoms with van der Waals surface area (Å²) in [5, 5.41) is 0.479. The molecule has 0 aliphatic heterocycles. The van der Waals surface area contributed by atoms with Gasteiger partial charge in [0.2, 0.25) is 10.0 Å². The van der Waals surface area contributed by atoms with Crippen molar-refractivity contribution in [1.82, 2.24) is 9.62 Å². The number of hydrogen-bond acceptors (Lipinski definition) is 4. The lowest BCUT2D eigenvalue weighted by Gasteiger charge is -2.33. The number of nitrogens with zero attached hydrogens (tertiary/aromatic N) is 1. The average molecular weight is 465 g/mol. The van der Waals surface area contributed by atoms with E-state index in [-0.39, 0.29) is 29.8 Å². The van der Waals surface area contributed by atoms with Gasteiger partial charge in [0, 0.05) is 23.0 Å². The van der Waals surface area contributed by atoms with Gasteiger partial charge < -0.3 is 0 Å². The van der Waals surface area contributed by atoms with E-state index in [1.54, 1.807) is 12.1 Å². The van der Waals surface area contributed by atoms with Crippen LogP contribution >= 0.6 is 11.6 Å². The number of carbonyl (C=O) groups is 1. The SMILES string of the molecule is CCCCN(CC(=O)C(C)(C)C)[C@H](CNS(=O)(=O)c1ccc(Cl)cc1)c1ccccc1. The van der Waals surface area contributed by atoms with Crippen molar-refractivity contribution in [3.8, 4) is 0 Å². The minimum absolute atomic E-state index is 0.130. The molecular weight excluding hydrogens is 432 g/mol. The van der Waals surface area contributed by atoms with Crippen LogP contribution in [-0.4, -0.2) is 38.7 Å². The predicted octanol–water partition coefficient (Wildman–Crippen LogP) is 5.08. The van der Waals surface area contributed by atoms with Crippen LogP contribution in [0.2, 0.25) is 5.02 Å². The van der Waals surface area contributed by atoms with Crippen LogP contribution < -0.4 is 4.72 Å². The monoisotopic (exact) mass is 464 g/mol. The maximum Gasteiger partial charge on any atom is 0.240 e. The van der Waals surface area contributed by atoms with Crippen molar-refractivity contribution in [3.05, 3.63) is 65.2 Å². The molecule has 0 radical (unpaired) electrons. The van der Waals surface area contributed by atoms with Gasteiger partial charge >= 0.3 is 0 Å². The molecule has 0 unspecified atom stereocenters. The number of ketones is 1. The van der Waals surface area contributed by atoms with Gasteiger partial charge in [0.25, 0.3) is 0 Å². The van der Waals surface area contributed by atoms with E-state index < -0.39 is 15.4 Å². The summed E-state index contributed by atoms with van der Waals surface area (Å²) in [6.45, 7) is 8.98. The second-order valence-electron chi connectivity index (χ2n) is 8.73. The van der Waals surface area contributed by atoms with Crippen molar-refractivity contribution in [2.45, 2.75) is 51.5 Å². The quantitative estimate of drug-likeness (QED) is 0.503. The van der Waals surface area contributed by atoms with Gasteiger partial charge in [-0.1, -0.05) is 76.0 Å². The summed E-state index contributed by atoms with van der Waals surface area (Å²) in [7, 11) is -3.71. The van der Waals surface area contributed by atoms with Crippen molar-refractivity contribution < 1.29 is 13.2 Å². The Labute approximate surface area is 191 Å². The lowest BCUT2D eigenvalue weighted by molar-refractivity contribution is -0.128. The molecule has 31 heavy (non-hydrogen) atoms. The molecule has 2 aromatic rings. The lowest BCUT2D eigenvalue weighted by atomic mass is 9.90. The Morgan fingerprint density at radius 1 is 1.06 bits per heavy atom. The summed E-state index contributed by atoms with van der Waals surface area (Å²) in [6, 6.07) is 15.6. The van der Waals surface area contributed by atoms with E-state index in [0.717, 1.165) is 18.4 Å². The zero-order chi connectivity index (χ0) is 23.1. The summed E-state index contributed by atoms with van der Waals surface area (Å²) >= 11 is 5.89. The van der Waals surface area contributed by atoms with E-state index in [1.165, 1.54) is 12.1 Å². The number of Topliss-reactive ketones (excluding diaryl/α,β-unsaturated/α-hetero) is 1. The molecule has 0 bridgehead atoms. The first-order valence-electron chi connectivity index (χ1n) is 10.6. The van der Waals surface area contributed by atoms with Crippen LogP contribution in [0.4, 0.5) is 0 Å². The number of halogens is 1. The van der Waals surface area contributed by atoms with Gasteiger partial charge in [-0.3, -0.25) is 9.69 Å². The van der Waals surface area contributed by atoms with Gasteiger partial charge in [-0.25, -0.2) is 13.1 Å². The number of rotatable bonds is 11. The molecule has 0 heterocycles. The van der Waals surface area contributed by atoms with Gasteiger partial charge in [-0.2, -0.15) is 0 Å². The van der Waals surface area contributed by atoms with Gasteiger partial charge in [-0.15, -0.1) is 0 Å². The minimum Gasteiger partial charge on any atom is -0.298 e.